The number of rotatable bonds is 7. The Morgan fingerprint density at radius 2 is 2.12 bits per heavy atom. The van der Waals surface area contributed by atoms with Crippen molar-refractivity contribution in [2.24, 2.45) is 16.5 Å². The maximum atomic E-state index is 11.5. The van der Waals surface area contributed by atoms with Gasteiger partial charge in [-0.15, -0.1) is 0 Å². The topological polar surface area (TPSA) is 190 Å². The van der Waals surface area contributed by atoms with Crippen LogP contribution in [0.2, 0.25) is 0 Å². The van der Waals surface area contributed by atoms with Gasteiger partial charge in [-0.1, -0.05) is 0 Å². The van der Waals surface area contributed by atoms with Crippen LogP contribution in [0.1, 0.15) is 6.92 Å². The van der Waals surface area contributed by atoms with Gasteiger partial charge in [-0.05, 0) is 6.08 Å². The van der Waals surface area contributed by atoms with Crippen LogP contribution < -0.4 is 16.8 Å². The summed E-state index contributed by atoms with van der Waals surface area (Å²) >= 11 is 0. The van der Waals surface area contributed by atoms with Gasteiger partial charge in [0.05, 0.1) is 18.7 Å². The van der Waals surface area contributed by atoms with Gasteiger partial charge in [0, 0.05) is 14.0 Å². The molecule has 0 radical (unpaired) electrons. The van der Waals surface area contributed by atoms with Crippen molar-refractivity contribution in [2.45, 2.75) is 37.3 Å². The lowest BCUT2D eigenvalue weighted by Crippen LogP contribution is -2.60. The van der Waals surface area contributed by atoms with Crippen LogP contribution in [0.3, 0.4) is 0 Å². The summed E-state index contributed by atoms with van der Waals surface area (Å²) in [4.78, 5) is 26.6. The van der Waals surface area contributed by atoms with Crippen LogP contribution in [0.25, 0.3) is 0 Å². The summed E-state index contributed by atoms with van der Waals surface area (Å²) in [7, 11) is 1.24. The minimum absolute atomic E-state index is 0.325. The van der Waals surface area contributed by atoms with Crippen molar-refractivity contribution in [1.82, 2.24) is 5.32 Å². The van der Waals surface area contributed by atoms with Gasteiger partial charge in [-0.2, -0.15) is 0 Å². The molecule has 0 fully saturated rings. The van der Waals surface area contributed by atoms with E-state index in [1.807, 2.05) is 0 Å². The number of methoxy groups -OCH3 is 1. The normalized spacial score (nSPS) is 25.7. The molecule has 1 rings (SSSR count). The van der Waals surface area contributed by atoms with Crippen LogP contribution in [0.4, 0.5) is 0 Å². The molecule has 0 aromatic rings. The molecule has 0 spiro atoms. The minimum atomic E-state index is -1.38. The molecule has 1 heterocycles. The molecular formula is C13H22N4O7. The Morgan fingerprint density at radius 3 is 2.54 bits per heavy atom. The number of carboxylic acid groups (broad SMARTS) is 1. The van der Waals surface area contributed by atoms with Crippen LogP contribution in [-0.2, 0) is 19.1 Å². The van der Waals surface area contributed by atoms with Gasteiger partial charge in [0.1, 0.15) is 12.2 Å². The number of hydrogen-bond donors (Lipinski definition) is 6. The Labute approximate surface area is 137 Å². The van der Waals surface area contributed by atoms with Crippen molar-refractivity contribution in [2.75, 3.05) is 13.7 Å². The summed E-state index contributed by atoms with van der Waals surface area (Å²) in [6.07, 6.45) is -2.56. The summed E-state index contributed by atoms with van der Waals surface area (Å²) in [6, 6.07) is -1.90. The number of aliphatic carboxylic acids is 1. The second-order valence-electron chi connectivity index (χ2n) is 5.14. The van der Waals surface area contributed by atoms with Crippen molar-refractivity contribution >= 4 is 17.8 Å². The van der Waals surface area contributed by atoms with E-state index in [0.29, 0.717) is 0 Å². The summed E-state index contributed by atoms with van der Waals surface area (Å²) in [5.74, 6) is -2.63. The van der Waals surface area contributed by atoms with Gasteiger partial charge in [0.2, 0.25) is 11.7 Å². The standard InChI is InChI=1S/C13H22N4O7/c1-5(19)16-9-6(17-13(14)15)3-8(12(21)22)24-11(9)10(23-2)7(20)4-18/h3,6-7,9-11,18,20H,4H2,1-2H3,(H,16,19)(H,21,22)(H4,14,15,17)/t6-,7+,9+,10-,11+/m0/s1. The van der Waals surface area contributed by atoms with Gasteiger partial charge < -0.3 is 41.6 Å². The number of nitrogens with one attached hydrogen (secondary N) is 1. The fraction of sp³-hybridized carbons (Fsp3) is 0.615. The maximum Gasteiger partial charge on any atom is 0.370 e. The Bertz CT molecular complexity index is 532. The summed E-state index contributed by atoms with van der Waals surface area (Å²) in [5.41, 5.74) is 10.7. The number of amides is 1. The van der Waals surface area contributed by atoms with Crippen LogP contribution in [0.15, 0.2) is 16.8 Å². The molecule has 5 atom stereocenters. The van der Waals surface area contributed by atoms with Crippen LogP contribution in [-0.4, -0.2) is 77.3 Å². The van der Waals surface area contributed by atoms with E-state index >= 15 is 0 Å². The van der Waals surface area contributed by atoms with Crippen LogP contribution in [0, 0.1) is 0 Å². The monoisotopic (exact) mass is 346 g/mol. The van der Waals surface area contributed by atoms with Crippen molar-refractivity contribution in [3.8, 4) is 0 Å². The van der Waals surface area contributed by atoms with E-state index in [-0.39, 0.29) is 5.96 Å². The molecule has 0 saturated heterocycles. The number of nitrogens with two attached hydrogens (primary N) is 2. The highest BCUT2D eigenvalue weighted by atomic mass is 16.6. The number of aliphatic hydroxyl groups is 2. The molecule has 1 aliphatic heterocycles. The molecule has 8 N–H and O–H groups in total. The molecule has 0 saturated carbocycles. The zero-order chi connectivity index (χ0) is 18.4. The molecule has 0 aromatic carbocycles. The molecule has 0 aliphatic carbocycles. The summed E-state index contributed by atoms with van der Waals surface area (Å²) < 4.78 is 10.5. The van der Waals surface area contributed by atoms with E-state index in [9.17, 15) is 19.8 Å². The van der Waals surface area contributed by atoms with E-state index in [4.69, 9.17) is 26.0 Å². The van der Waals surface area contributed by atoms with Gasteiger partial charge in [-0.25, -0.2) is 9.79 Å². The van der Waals surface area contributed by atoms with Crippen molar-refractivity contribution in [3.63, 3.8) is 0 Å². The third kappa shape index (κ3) is 4.81. The third-order valence-corrected chi connectivity index (χ3v) is 3.35. The Hall–Kier alpha value is -2.37. The highest BCUT2D eigenvalue weighted by Crippen LogP contribution is 2.26. The van der Waals surface area contributed by atoms with Gasteiger partial charge in [-0.3, -0.25) is 4.79 Å². The number of carboxylic acids is 1. The number of hydrogen-bond acceptors (Lipinski definition) is 7. The van der Waals surface area contributed by atoms with E-state index < -0.39 is 54.6 Å². The lowest BCUT2D eigenvalue weighted by molar-refractivity contribution is -0.149. The maximum absolute atomic E-state index is 11.5. The molecular weight excluding hydrogens is 324 g/mol. The van der Waals surface area contributed by atoms with Crippen LogP contribution >= 0.6 is 0 Å². The number of aliphatic imine (C=N–C) groups is 1. The quantitative estimate of drug-likeness (QED) is 0.204. The molecule has 0 bridgehead atoms. The van der Waals surface area contributed by atoms with E-state index in [1.165, 1.54) is 14.0 Å². The first kappa shape index (κ1) is 19.7. The lowest BCUT2D eigenvalue weighted by Gasteiger charge is -2.39. The number of aliphatic hydroxyl groups excluding tert-OH is 2. The summed E-state index contributed by atoms with van der Waals surface area (Å²) in [5, 5.41) is 30.8. The predicted octanol–water partition coefficient (Wildman–Crippen LogP) is -3.13. The van der Waals surface area contributed by atoms with E-state index in [2.05, 4.69) is 10.3 Å². The van der Waals surface area contributed by atoms with Crippen LogP contribution in [0.5, 0.6) is 0 Å². The lowest BCUT2D eigenvalue weighted by atomic mass is 9.92. The molecule has 11 nitrogen and oxygen atoms in total. The highest BCUT2D eigenvalue weighted by molar-refractivity contribution is 5.85. The Balaban J connectivity index is 3.34. The molecule has 24 heavy (non-hydrogen) atoms. The number of ether oxygens (including phenoxy) is 2. The van der Waals surface area contributed by atoms with Gasteiger partial charge >= 0.3 is 5.97 Å². The average molecular weight is 346 g/mol. The zero-order valence-electron chi connectivity index (χ0n) is 13.2. The highest BCUT2D eigenvalue weighted by Gasteiger charge is 2.44. The van der Waals surface area contributed by atoms with Gasteiger partial charge in [0.15, 0.2) is 12.1 Å². The molecule has 0 aromatic heterocycles. The van der Waals surface area contributed by atoms with Crippen molar-refractivity contribution in [1.29, 1.82) is 0 Å². The molecule has 1 amide bonds. The number of nitrogens with zero attached hydrogens (tertiary/aromatic N) is 1. The van der Waals surface area contributed by atoms with Crippen molar-refractivity contribution < 1.29 is 34.4 Å². The smallest absolute Gasteiger partial charge is 0.370 e. The second kappa shape index (κ2) is 8.47. The fourth-order valence-electron chi connectivity index (χ4n) is 2.41. The second-order valence-corrected chi connectivity index (χ2v) is 5.14. The first-order valence-electron chi connectivity index (χ1n) is 7.00. The molecule has 0 unspecified atom stereocenters. The first-order chi connectivity index (χ1) is 11.2. The SMILES string of the molecule is CO[C@H]([C@@H]1OC(C(=O)O)=C[C@H](N=C(N)N)[C@H]1NC(C)=O)[C@H](O)CO. The molecule has 136 valence electrons. The number of guanidine groups is 1. The first-order valence-corrected chi connectivity index (χ1v) is 7.00. The minimum Gasteiger partial charge on any atom is -0.478 e. The Morgan fingerprint density at radius 1 is 1.50 bits per heavy atom. The van der Waals surface area contributed by atoms with E-state index in [1.54, 1.807) is 0 Å². The fourth-order valence-corrected chi connectivity index (χ4v) is 2.41. The molecule has 1 aliphatic rings. The van der Waals surface area contributed by atoms with Crippen molar-refractivity contribution in [3.05, 3.63) is 11.8 Å². The Kier molecular flexibility index (Phi) is 6.95. The number of carbonyl (C=O) groups is 2. The predicted molar refractivity (Wildman–Crippen MR) is 81.7 cm³/mol. The van der Waals surface area contributed by atoms with Gasteiger partial charge in [0.25, 0.3) is 0 Å². The number of carbonyl (C=O) groups excluding carboxylic acids is 1. The van der Waals surface area contributed by atoms with E-state index in [0.717, 1.165) is 6.08 Å². The third-order valence-electron chi connectivity index (χ3n) is 3.35. The largest absolute Gasteiger partial charge is 0.478 e. The average Bonchev–Trinajstić information content (AvgIpc) is 2.49. The molecule has 11 heteroatoms. The summed E-state index contributed by atoms with van der Waals surface area (Å²) in [6.45, 7) is 0.578. The zero-order valence-corrected chi connectivity index (χ0v) is 13.2.